The van der Waals surface area contributed by atoms with Gasteiger partial charge in [-0.1, -0.05) is 60.7 Å². The molecule has 0 radical (unpaired) electrons. The number of rotatable bonds is 3. The number of amidine groups is 1. The molecular formula is C23H30N6O2. The van der Waals surface area contributed by atoms with Crippen molar-refractivity contribution < 1.29 is 9.47 Å². The molecule has 3 aliphatic rings. The van der Waals surface area contributed by atoms with Gasteiger partial charge in [0.2, 0.25) is 11.7 Å². The molecule has 164 valence electrons. The Morgan fingerprint density at radius 3 is 2.19 bits per heavy atom. The molecular weight excluding hydrogens is 392 g/mol. The summed E-state index contributed by atoms with van der Waals surface area (Å²) in [5.74, 6) is 0.151. The van der Waals surface area contributed by atoms with Gasteiger partial charge in [-0.15, -0.1) is 0 Å². The third-order valence-corrected chi connectivity index (χ3v) is 5.30. The van der Waals surface area contributed by atoms with Crippen LogP contribution < -0.4 is 22.1 Å². The Morgan fingerprint density at radius 1 is 0.935 bits per heavy atom. The molecule has 31 heavy (non-hydrogen) atoms. The van der Waals surface area contributed by atoms with Gasteiger partial charge in [0.1, 0.15) is 5.84 Å². The molecule has 0 amide bonds. The van der Waals surface area contributed by atoms with Gasteiger partial charge in [-0.05, 0) is 12.8 Å². The zero-order valence-electron chi connectivity index (χ0n) is 17.5. The molecule has 0 aromatic heterocycles. The van der Waals surface area contributed by atoms with Crippen LogP contribution in [-0.2, 0) is 15.3 Å². The normalized spacial score (nSPS) is 27.4. The van der Waals surface area contributed by atoms with E-state index in [1.807, 2.05) is 60.7 Å². The number of ether oxygens (including phenoxy) is 2. The van der Waals surface area contributed by atoms with Crippen LogP contribution in [0.1, 0.15) is 24.0 Å². The summed E-state index contributed by atoms with van der Waals surface area (Å²) < 4.78 is 10.4. The van der Waals surface area contributed by atoms with Crippen molar-refractivity contribution in [2.45, 2.75) is 30.7 Å². The highest BCUT2D eigenvalue weighted by Gasteiger charge is 2.33. The number of guanidine groups is 1. The second-order valence-electron chi connectivity index (χ2n) is 7.85. The Balaban J connectivity index is 0.000000334. The molecule has 2 fully saturated rings. The van der Waals surface area contributed by atoms with E-state index in [0.29, 0.717) is 24.4 Å². The van der Waals surface area contributed by atoms with Crippen molar-refractivity contribution in [1.82, 2.24) is 10.6 Å². The Labute approximate surface area is 182 Å². The minimum Gasteiger partial charge on any atom is -0.380 e. The first kappa shape index (κ1) is 21.5. The molecule has 0 bridgehead atoms. The summed E-state index contributed by atoms with van der Waals surface area (Å²) >= 11 is 0. The van der Waals surface area contributed by atoms with Crippen molar-refractivity contribution in [3.63, 3.8) is 0 Å². The van der Waals surface area contributed by atoms with E-state index in [0.717, 1.165) is 43.8 Å². The quantitative estimate of drug-likeness (QED) is 0.592. The first-order chi connectivity index (χ1) is 15.1. The highest BCUT2D eigenvalue weighted by Crippen LogP contribution is 2.21. The average molecular weight is 423 g/mol. The van der Waals surface area contributed by atoms with Gasteiger partial charge >= 0.3 is 0 Å². The SMILES string of the molecule is NC1(c2ccccc2)N=C(NC2CCOC2)N=C(c2ccccc2)N1.NC1CCOC1. The van der Waals surface area contributed by atoms with E-state index in [4.69, 9.17) is 20.9 Å². The lowest BCUT2D eigenvalue weighted by Crippen LogP contribution is -2.56. The van der Waals surface area contributed by atoms with Gasteiger partial charge in [-0.3, -0.25) is 5.73 Å². The number of benzene rings is 2. The van der Waals surface area contributed by atoms with E-state index in [1.54, 1.807) is 0 Å². The lowest BCUT2D eigenvalue weighted by molar-refractivity contribution is 0.192. The number of hydrogen-bond acceptors (Lipinski definition) is 8. The van der Waals surface area contributed by atoms with Crippen LogP contribution >= 0.6 is 0 Å². The van der Waals surface area contributed by atoms with Crippen molar-refractivity contribution in [2.24, 2.45) is 21.5 Å². The molecule has 0 spiro atoms. The lowest BCUT2D eigenvalue weighted by Gasteiger charge is -2.33. The Bertz CT molecular complexity index is 893. The van der Waals surface area contributed by atoms with Crippen LogP contribution in [0.5, 0.6) is 0 Å². The fourth-order valence-electron chi connectivity index (χ4n) is 3.54. The van der Waals surface area contributed by atoms with Crippen molar-refractivity contribution >= 4 is 11.8 Å². The molecule has 2 aromatic carbocycles. The van der Waals surface area contributed by atoms with Crippen LogP contribution in [0.15, 0.2) is 70.6 Å². The van der Waals surface area contributed by atoms with Crippen LogP contribution in [0, 0.1) is 0 Å². The molecule has 3 aliphatic heterocycles. The summed E-state index contributed by atoms with van der Waals surface area (Å²) in [5.41, 5.74) is 13.9. The van der Waals surface area contributed by atoms with Crippen molar-refractivity contribution in [3.05, 3.63) is 71.8 Å². The monoisotopic (exact) mass is 422 g/mol. The topological polar surface area (TPSA) is 119 Å². The fourth-order valence-corrected chi connectivity index (χ4v) is 3.54. The number of nitrogens with zero attached hydrogens (tertiary/aromatic N) is 2. The second kappa shape index (κ2) is 10.0. The Hall–Kier alpha value is -2.78. The van der Waals surface area contributed by atoms with Gasteiger partial charge in [0.05, 0.1) is 19.3 Å². The lowest BCUT2D eigenvalue weighted by atomic mass is 10.1. The third-order valence-electron chi connectivity index (χ3n) is 5.30. The van der Waals surface area contributed by atoms with E-state index >= 15 is 0 Å². The fraction of sp³-hybridized carbons (Fsp3) is 0.391. The minimum atomic E-state index is -1.07. The van der Waals surface area contributed by atoms with E-state index in [-0.39, 0.29) is 6.04 Å². The molecule has 3 unspecified atom stereocenters. The number of nitrogens with two attached hydrogens (primary N) is 2. The van der Waals surface area contributed by atoms with Crippen LogP contribution in [-0.4, -0.2) is 50.3 Å². The highest BCUT2D eigenvalue weighted by atomic mass is 16.5. The van der Waals surface area contributed by atoms with Gasteiger partial charge < -0.3 is 25.8 Å². The zero-order chi connectivity index (χ0) is 21.5. The molecule has 5 rings (SSSR count). The summed E-state index contributed by atoms with van der Waals surface area (Å²) in [6.45, 7) is 3.04. The maximum Gasteiger partial charge on any atom is 0.224 e. The predicted octanol–water partition coefficient (Wildman–Crippen LogP) is 1.27. The molecule has 2 saturated heterocycles. The smallest absolute Gasteiger partial charge is 0.224 e. The summed E-state index contributed by atoms with van der Waals surface area (Å²) in [6, 6.07) is 20.2. The maximum atomic E-state index is 6.62. The van der Waals surface area contributed by atoms with Gasteiger partial charge in [0.15, 0.2) is 0 Å². The zero-order valence-corrected chi connectivity index (χ0v) is 17.5. The van der Waals surface area contributed by atoms with Gasteiger partial charge in [-0.25, -0.2) is 4.99 Å². The van der Waals surface area contributed by atoms with Crippen LogP contribution in [0.25, 0.3) is 0 Å². The van der Waals surface area contributed by atoms with Crippen molar-refractivity contribution in [2.75, 3.05) is 26.4 Å². The number of aliphatic imine (C=N–C) groups is 2. The van der Waals surface area contributed by atoms with Crippen LogP contribution in [0.3, 0.4) is 0 Å². The molecule has 8 heteroatoms. The maximum absolute atomic E-state index is 6.62. The van der Waals surface area contributed by atoms with Gasteiger partial charge in [0.25, 0.3) is 0 Å². The first-order valence-corrected chi connectivity index (χ1v) is 10.7. The summed E-state index contributed by atoms with van der Waals surface area (Å²) in [6.07, 6.45) is 1.98. The molecule has 0 aliphatic carbocycles. The summed E-state index contributed by atoms with van der Waals surface area (Å²) in [5, 5.41) is 6.65. The summed E-state index contributed by atoms with van der Waals surface area (Å²) in [4.78, 5) is 9.30. The minimum absolute atomic E-state index is 0.206. The van der Waals surface area contributed by atoms with Crippen molar-refractivity contribution in [1.29, 1.82) is 0 Å². The van der Waals surface area contributed by atoms with Crippen LogP contribution in [0.4, 0.5) is 0 Å². The third kappa shape index (κ3) is 5.68. The molecule has 6 N–H and O–H groups in total. The van der Waals surface area contributed by atoms with E-state index in [1.165, 1.54) is 0 Å². The molecule has 3 atom stereocenters. The van der Waals surface area contributed by atoms with E-state index in [9.17, 15) is 0 Å². The average Bonchev–Trinajstić information content (AvgIpc) is 3.49. The standard InChI is InChI=1S/C19H21N5O.C4H9NO/c20-19(15-9-5-2-6-10-15)23-17(14-7-3-1-4-8-14)22-18(24-19)21-16-11-12-25-13-16;5-4-1-2-6-3-4/h1-10,16H,11-13,20H2,(H2,21,22,23,24);4H,1-3,5H2. The predicted molar refractivity (Wildman–Crippen MR) is 122 cm³/mol. The van der Waals surface area contributed by atoms with Gasteiger partial charge in [-0.2, -0.15) is 4.99 Å². The van der Waals surface area contributed by atoms with E-state index in [2.05, 4.69) is 20.6 Å². The van der Waals surface area contributed by atoms with Crippen molar-refractivity contribution in [3.8, 4) is 0 Å². The molecule has 3 heterocycles. The Morgan fingerprint density at radius 2 is 1.61 bits per heavy atom. The Kier molecular flexibility index (Phi) is 6.93. The molecule has 0 saturated carbocycles. The second-order valence-corrected chi connectivity index (χ2v) is 7.85. The largest absolute Gasteiger partial charge is 0.380 e. The molecule has 2 aromatic rings. The summed E-state index contributed by atoms with van der Waals surface area (Å²) in [7, 11) is 0. The van der Waals surface area contributed by atoms with Gasteiger partial charge in [0, 0.05) is 30.4 Å². The first-order valence-electron chi connectivity index (χ1n) is 10.7. The number of nitrogens with one attached hydrogen (secondary N) is 2. The van der Waals surface area contributed by atoms with E-state index < -0.39 is 5.79 Å². The highest BCUT2D eigenvalue weighted by molar-refractivity contribution is 6.07. The van der Waals surface area contributed by atoms with Crippen LogP contribution in [0.2, 0.25) is 0 Å². The number of hydrogen-bond donors (Lipinski definition) is 4. The molecule has 8 nitrogen and oxygen atoms in total.